The number of rotatable bonds is 6. The molecule has 0 aromatic carbocycles. The number of aryl methyl sites for hydroxylation is 1. The van der Waals surface area contributed by atoms with Gasteiger partial charge in [-0.15, -0.1) is 11.3 Å². The monoisotopic (exact) mass is 324 g/mol. The summed E-state index contributed by atoms with van der Waals surface area (Å²) in [5.74, 6) is -0.164. The lowest BCUT2D eigenvalue weighted by molar-refractivity contribution is 0.0470. The van der Waals surface area contributed by atoms with Gasteiger partial charge in [0.25, 0.3) is 5.91 Å². The van der Waals surface area contributed by atoms with Crippen molar-refractivity contribution in [2.45, 2.75) is 39.2 Å². The molecule has 1 unspecified atom stereocenters. The molecule has 0 aliphatic heterocycles. The van der Waals surface area contributed by atoms with Gasteiger partial charge >= 0.3 is 0 Å². The first kappa shape index (κ1) is 16.1. The van der Waals surface area contributed by atoms with Crippen molar-refractivity contribution in [3.8, 4) is 10.6 Å². The van der Waals surface area contributed by atoms with Crippen LogP contribution in [0.5, 0.6) is 0 Å². The molecule has 6 heteroatoms. The van der Waals surface area contributed by atoms with Crippen LogP contribution >= 0.6 is 22.7 Å². The van der Waals surface area contributed by atoms with Crippen LogP contribution < -0.4 is 5.32 Å². The number of amides is 1. The SMILES string of the molecule is CCCC(C)(O)CNC(=O)c1sc(-c2ccsc2)nc1C. The summed E-state index contributed by atoms with van der Waals surface area (Å²) in [6.45, 7) is 5.85. The molecular weight excluding hydrogens is 304 g/mol. The summed E-state index contributed by atoms with van der Waals surface area (Å²) in [6, 6.07) is 2.00. The highest BCUT2D eigenvalue weighted by molar-refractivity contribution is 7.17. The lowest BCUT2D eigenvalue weighted by atomic mass is 10.0. The zero-order valence-corrected chi connectivity index (χ0v) is 14.1. The molecule has 0 aliphatic carbocycles. The molecule has 1 atom stereocenters. The van der Waals surface area contributed by atoms with Crippen LogP contribution in [0.15, 0.2) is 16.8 Å². The summed E-state index contributed by atoms with van der Waals surface area (Å²) in [7, 11) is 0. The van der Waals surface area contributed by atoms with E-state index in [1.807, 2.05) is 30.7 Å². The van der Waals surface area contributed by atoms with E-state index in [1.165, 1.54) is 11.3 Å². The standard InChI is InChI=1S/C15H20N2O2S2/c1-4-6-15(3,19)9-16-13(18)12-10(2)17-14(21-12)11-5-7-20-8-11/h5,7-8,19H,4,6,9H2,1-3H3,(H,16,18). The third-order valence-corrected chi connectivity index (χ3v) is 5.08. The van der Waals surface area contributed by atoms with Gasteiger partial charge in [-0.05, 0) is 31.7 Å². The molecule has 0 aliphatic rings. The van der Waals surface area contributed by atoms with E-state index in [4.69, 9.17) is 0 Å². The number of aromatic nitrogens is 1. The topological polar surface area (TPSA) is 62.2 Å². The van der Waals surface area contributed by atoms with Gasteiger partial charge in [0.05, 0.1) is 11.3 Å². The smallest absolute Gasteiger partial charge is 0.263 e. The van der Waals surface area contributed by atoms with Gasteiger partial charge in [-0.25, -0.2) is 4.98 Å². The predicted octanol–water partition coefficient (Wildman–Crippen LogP) is 3.46. The highest BCUT2D eigenvalue weighted by Gasteiger charge is 2.22. The van der Waals surface area contributed by atoms with Crippen LogP contribution in [0.1, 0.15) is 42.1 Å². The lowest BCUT2D eigenvalue weighted by Crippen LogP contribution is -2.40. The van der Waals surface area contributed by atoms with Crippen LogP contribution in [0.3, 0.4) is 0 Å². The number of nitrogens with one attached hydrogen (secondary N) is 1. The number of hydrogen-bond donors (Lipinski definition) is 2. The van der Waals surface area contributed by atoms with Gasteiger partial charge in [-0.3, -0.25) is 4.79 Å². The number of nitrogens with zero attached hydrogens (tertiary/aromatic N) is 1. The summed E-state index contributed by atoms with van der Waals surface area (Å²) < 4.78 is 0. The Morgan fingerprint density at radius 2 is 2.29 bits per heavy atom. The zero-order valence-electron chi connectivity index (χ0n) is 12.5. The van der Waals surface area contributed by atoms with Crippen LogP contribution in [0.4, 0.5) is 0 Å². The molecule has 2 N–H and O–H groups in total. The van der Waals surface area contributed by atoms with Crippen molar-refractivity contribution in [3.05, 3.63) is 27.4 Å². The molecule has 2 aromatic heterocycles. The highest BCUT2D eigenvalue weighted by atomic mass is 32.1. The number of carbonyl (C=O) groups excluding carboxylic acids is 1. The average Bonchev–Trinajstić information content (AvgIpc) is 3.05. The van der Waals surface area contributed by atoms with Crippen LogP contribution in [0.25, 0.3) is 10.6 Å². The maximum absolute atomic E-state index is 12.3. The molecule has 114 valence electrons. The van der Waals surface area contributed by atoms with Gasteiger partial charge in [-0.1, -0.05) is 13.3 Å². The van der Waals surface area contributed by atoms with Crippen molar-refractivity contribution in [1.29, 1.82) is 0 Å². The molecule has 2 rings (SSSR count). The number of thiophene rings is 1. The minimum Gasteiger partial charge on any atom is -0.388 e. The van der Waals surface area contributed by atoms with E-state index < -0.39 is 5.60 Å². The molecule has 0 bridgehead atoms. The summed E-state index contributed by atoms with van der Waals surface area (Å²) >= 11 is 3.00. The first-order valence-corrected chi connectivity index (χ1v) is 8.69. The quantitative estimate of drug-likeness (QED) is 0.855. The molecule has 0 fully saturated rings. The van der Waals surface area contributed by atoms with E-state index in [2.05, 4.69) is 10.3 Å². The second kappa shape index (κ2) is 6.68. The van der Waals surface area contributed by atoms with Crippen LogP contribution in [0.2, 0.25) is 0 Å². The fourth-order valence-corrected chi connectivity index (χ4v) is 3.79. The number of aliphatic hydroxyl groups is 1. The maximum Gasteiger partial charge on any atom is 0.263 e. The molecule has 4 nitrogen and oxygen atoms in total. The Morgan fingerprint density at radius 1 is 1.52 bits per heavy atom. The van der Waals surface area contributed by atoms with Gasteiger partial charge in [0, 0.05) is 17.5 Å². The fourth-order valence-electron chi connectivity index (χ4n) is 2.09. The maximum atomic E-state index is 12.3. The Bertz CT molecular complexity index is 603. The van der Waals surface area contributed by atoms with Crippen LogP contribution in [0, 0.1) is 6.92 Å². The second-order valence-electron chi connectivity index (χ2n) is 5.38. The number of thiazole rings is 1. The van der Waals surface area contributed by atoms with E-state index in [-0.39, 0.29) is 12.5 Å². The molecule has 1 amide bonds. The van der Waals surface area contributed by atoms with E-state index in [1.54, 1.807) is 18.3 Å². The van der Waals surface area contributed by atoms with E-state index >= 15 is 0 Å². The molecular formula is C15H20N2O2S2. The largest absolute Gasteiger partial charge is 0.388 e. The van der Waals surface area contributed by atoms with Gasteiger partial charge in [0.2, 0.25) is 0 Å². The Kier molecular flexibility index (Phi) is 5.13. The van der Waals surface area contributed by atoms with E-state index in [9.17, 15) is 9.90 Å². The number of carbonyl (C=O) groups is 1. The summed E-state index contributed by atoms with van der Waals surface area (Å²) in [4.78, 5) is 17.3. The lowest BCUT2D eigenvalue weighted by Gasteiger charge is -2.22. The molecule has 0 saturated heterocycles. The van der Waals surface area contributed by atoms with Crippen molar-refractivity contribution in [1.82, 2.24) is 10.3 Å². The molecule has 0 radical (unpaired) electrons. The summed E-state index contributed by atoms with van der Waals surface area (Å²) in [6.07, 6.45) is 1.54. The molecule has 0 spiro atoms. The van der Waals surface area contributed by atoms with E-state index in [0.29, 0.717) is 11.3 Å². The van der Waals surface area contributed by atoms with E-state index in [0.717, 1.165) is 22.7 Å². The van der Waals surface area contributed by atoms with Gasteiger partial charge in [-0.2, -0.15) is 11.3 Å². The minimum atomic E-state index is -0.862. The summed E-state index contributed by atoms with van der Waals surface area (Å²) in [5, 5.41) is 17.8. The third kappa shape index (κ3) is 4.12. The normalized spacial score (nSPS) is 13.9. The van der Waals surface area contributed by atoms with Gasteiger partial charge in [0.15, 0.2) is 0 Å². The van der Waals surface area contributed by atoms with Crippen molar-refractivity contribution < 1.29 is 9.90 Å². The first-order valence-electron chi connectivity index (χ1n) is 6.93. The molecule has 2 aromatic rings. The van der Waals surface area contributed by atoms with Crippen molar-refractivity contribution in [3.63, 3.8) is 0 Å². The van der Waals surface area contributed by atoms with Crippen LogP contribution in [-0.2, 0) is 0 Å². The number of hydrogen-bond acceptors (Lipinski definition) is 5. The van der Waals surface area contributed by atoms with Gasteiger partial charge in [0.1, 0.15) is 9.88 Å². The predicted molar refractivity (Wildman–Crippen MR) is 88.0 cm³/mol. The van der Waals surface area contributed by atoms with Gasteiger partial charge < -0.3 is 10.4 Å². The Balaban J connectivity index is 2.06. The van der Waals surface area contributed by atoms with Crippen molar-refractivity contribution in [2.75, 3.05) is 6.54 Å². The van der Waals surface area contributed by atoms with Crippen molar-refractivity contribution in [2.24, 2.45) is 0 Å². The fraction of sp³-hybridized carbons (Fsp3) is 0.467. The molecule has 21 heavy (non-hydrogen) atoms. The Morgan fingerprint density at radius 3 is 2.90 bits per heavy atom. The third-order valence-electron chi connectivity index (χ3n) is 3.19. The summed E-state index contributed by atoms with van der Waals surface area (Å²) in [5.41, 5.74) is 0.915. The molecule has 2 heterocycles. The minimum absolute atomic E-state index is 0.164. The zero-order chi connectivity index (χ0) is 15.5. The van der Waals surface area contributed by atoms with Crippen molar-refractivity contribution >= 4 is 28.6 Å². The molecule has 0 saturated carbocycles. The second-order valence-corrected chi connectivity index (χ2v) is 7.15. The highest BCUT2D eigenvalue weighted by Crippen LogP contribution is 2.29. The first-order chi connectivity index (χ1) is 9.93. The van der Waals surface area contributed by atoms with Crippen LogP contribution in [-0.4, -0.2) is 28.1 Å². The Hall–Kier alpha value is -1.24. The Labute approximate surface area is 132 Å². The average molecular weight is 324 g/mol.